The first-order chi connectivity index (χ1) is 6.75. The van der Waals surface area contributed by atoms with Crippen molar-refractivity contribution in [2.24, 2.45) is 11.7 Å². The molecule has 0 unspecified atom stereocenters. The molecule has 1 rings (SSSR count). The van der Waals surface area contributed by atoms with Crippen LogP contribution in [0.25, 0.3) is 0 Å². The predicted molar refractivity (Wildman–Crippen MR) is 63.0 cm³/mol. The summed E-state index contributed by atoms with van der Waals surface area (Å²) in [6.45, 7) is 6.11. The topological polar surface area (TPSA) is 26.0 Å². The van der Waals surface area contributed by atoms with Gasteiger partial charge < -0.3 is 5.73 Å². The Morgan fingerprint density at radius 2 is 2.00 bits per heavy atom. The summed E-state index contributed by atoms with van der Waals surface area (Å²) in [6.07, 6.45) is 13.1. The third-order valence-electron chi connectivity index (χ3n) is 2.91. The summed E-state index contributed by atoms with van der Waals surface area (Å²) in [4.78, 5) is 0. The van der Waals surface area contributed by atoms with Crippen molar-refractivity contribution in [1.82, 2.24) is 0 Å². The lowest BCUT2D eigenvalue weighted by Crippen LogP contribution is -2.33. The lowest BCUT2D eigenvalue weighted by molar-refractivity contribution is 0.353. The summed E-state index contributed by atoms with van der Waals surface area (Å²) in [6, 6.07) is 0.325. The van der Waals surface area contributed by atoms with Gasteiger partial charge in [-0.25, -0.2) is 0 Å². The van der Waals surface area contributed by atoms with Crippen LogP contribution in [-0.2, 0) is 0 Å². The van der Waals surface area contributed by atoms with Crippen LogP contribution >= 0.6 is 0 Å². The van der Waals surface area contributed by atoms with Crippen molar-refractivity contribution in [3.05, 3.63) is 36.5 Å². The van der Waals surface area contributed by atoms with E-state index in [-0.39, 0.29) is 0 Å². The molecule has 0 aliphatic heterocycles. The minimum absolute atomic E-state index is 0.325. The van der Waals surface area contributed by atoms with Crippen LogP contribution in [0.2, 0.25) is 0 Å². The van der Waals surface area contributed by atoms with Crippen LogP contribution in [0.3, 0.4) is 0 Å². The van der Waals surface area contributed by atoms with Crippen LogP contribution < -0.4 is 5.73 Å². The van der Waals surface area contributed by atoms with Crippen molar-refractivity contribution < 1.29 is 0 Å². The summed E-state index contributed by atoms with van der Waals surface area (Å²) in [7, 11) is 0. The maximum Gasteiger partial charge on any atom is 0.0108 e. The lowest BCUT2D eigenvalue weighted by Gasteiger charge is -2.29. The minimum Gasteiger partial charge on any atom is -0.327 e. The van der Waals surface area contributed by atoms with Gasteiger partial charge in [0.25, 0.3) is 0 Å². The molecule has 1 saturated carbocycles. The Morgan fingerprint density at radius 3 is 2.64 bits per heavy atom. The van der Waals surface area contributed by atoms with Crippen LogP contribution in [0.5, 0.6) is 0 Å². The van der Waals surface area contributed by atoms with E-state index in [4.69, 9.17) is 5.73 Å². The van der Waals surface area contributed by atoms with Gasteiger partial charge in [0.05, 0.1) is 0 Å². The molecule has 14 heavy (non-hydrogen) atoms. The molecule has 0 saturated heterocycles. The van der Waals surface area contributed by atoms with Crippen LogP contribution in [0, 0.1) is 5.92 Å². The largest absolute Gasteiger partial charge is 0.327 e. The van der Waals surface area contributed by atoms with E-state index in [1.54, 1.807) is 0 Å². The molecule has 78 valence electrons. The minimum atomic E-state index is 0.325. The molecule has 0 bridgehead atoms. The van der Waals surface area contributed by atoms with Crippen molar-refractivity contribution >= 4 is 0 Å². The maximum absolute atomic E-state index is 6.07. The van der Waals surface area contributed by atoms with E-state index >= 15 is 0 Å². The summed E-state index contributed by atoms with van der Waals surface area (Å²) in [5.41, 5.74) is 7.26. The van der Waals surface area contributed by atoms with Crippen LogP contribution in [0.1, 0.15) is 32.6 Å². The number of allylic oxidation sites excluding steroid dienone is 4. The highest BCUT2D eigenvalue weighted by atomic mass is 14.7. The smallest absolute Gasteiger partial charge is 0.0108 e. The Kier molecular flexibility index (Phi) is 4.68. The molecule has 0 heterocycles. The van der Waals surface area contributed by atoms with Gasteiger partial charge in [-0.3, -0.25) is 0 Å². The van der Waals surface area contributed by atoms with E-state index < -0.39 is 0 Å². The Balaban J connectivity index is 2.50. The fourth-order valence-electron chi connectivity index (χ4n) is 2.03. The highest BCUT2D eigenvalue weighted by Crippen LogP contribution is 2.28. The Labute approximate surface area is 87.4 Å². The molecule has 2 atom stereocenters. The van der Waals surface area contributed by atoms with Gasteiger partial charge in [0, 0.05) is 6.04 Å². The van der Waals surface area contributed by atoms with Gasteiger partial charge in [0.2, 0.25) is 0 Å². The molecule has 1 aliphatic rings. The standard InChI is InChI=1S/C13H21N/c1-3-4-5-8-11(2)12-9-6-7-10-13(12)14/h3-5,8,12-13H,2,6-7,9-10,14H2,1H3/b4-3-,8-5-/t12-,13+/m1/s1. The quantitative estimate of drug-likeness (QED) is 0.681. The van der Waals surface area contributed by atoms with Gasteiger partial charge in [-0.1, -0.05) is 49.3 Å². The average molecular weight is 191 g/mol. The second-order valence-electron chi connectivity index (χ2n) is 4.01. The second-order valence-corrected chi connectivity index (χ2v) is 4.01. The van der Waals surface area contributed by atoms with E-state index in [1.165, 1.54) is 24.8 Å². The van der Waals surface area contributed by atoms with Crippen LogP contribution in [0.4, 0.5) is 0 Å². The zero-order valence-corrected chi connectivity index (χ0v) is 9.08. The lowest BCUT2D eigenvalue weighted by atomic mass is 9.80. The third-order valence-corrected chi connectivity index (χ3v) is 2.91. The fraction of sp³-hybridized carbons (Fsp3) is 0.538. The molecule has 1 aliphatic carbocycles. The van der Waals surface area contributed by atoms with Crippen molar-refractivity contribution in [3.8, 4) is 0 Å². The second kappa shape index (κ2) is 5.82. The molecule has 0 spiro atoms. The molecule has 1 fully saturated rings. The Morgan fingerprint density at radius 1 is 1.29 bits per heavy atom. The molecule has 0 radical (unpaired) electrons. The normalized spacial score (nSPS) is 28.7. The molecular weight excluding hydrogens is 170 g/mol. The van der Waals surface area contributed by atoms with Gasteiger partial charge in [-0.2, -0.15) is 0 Å². The SMILES string of the molecule is C=C(/C=C\C=C/C)[C@H]1CCCC[C@@H]1N. The number of hydrogen-bond acceptors (Lipinski definition) is 1. The number of rotatable bonds is 3. The first kappa shape index (κ1) is 11.3. The summed E-state index contributed by atoms with van der Waals surface area (Å²) < 4.78 is 0. The van der Waals surface area contributed by atoms with Gasteiger partial charge in [0.15, 0.2) is 0 Å². The predicted octanol–water partition coefficient (Wildman–Crippen LogP) is 3.19. The molecule has 2 N–H and O–H groups in total. The van der Waals surface area contributed by atoms with Crippen molar-refractivity contribution in [2.75, 3.05) is 0 Å². The van der Waals surface area contributed by atoms with E-state index in [9.17, 15) is 0 Å². The van der Waals surface area contributed by atoms with Gasteiger partial charge in [-0.15, -0.1) is 0 Å². The maximum atomic E-state index is 6.07. The number of hydrogen-bond donors (Lipinski definition) is 1. The van der Waals surface area contributed by atoms with E-state index in [0.717, 1.165) is 6.42 Å². The summed E-state index contributed by atoms with van der Waals surface area (Å²) >= 11 is 0. The highest BCUT2D eigenvalue weighted by molar-refractivity contribution is 5.23. The average Bonchev–Trinajstić information content (AvgIpc) is 2.18. The van der Waals surface area contributed by atoms with E-state index in [0.29, 0.717) is 12.0 Å². The zero-order valence-electron chi connectivity index (χ0n) is 9.08. The number of nitrogens with two attached hydrogens (primary N) is 1. The molecule has 0 aromatic heterocycles. The third kappa shape index (κ3) is 3.15. The first-order valence-corrected chi connectivity index (χ1v) is 5.49. The van der Waals surface area contributed by atoms with Crippen LogP contribution in [-0.4, -0.2) is 6.04 Å². The van der Waals surface area contributed by atoms with Crippen LogP contribution in [0.15, 0.2) is 36.5 Å². The van der Waals surface area contributed by atoms with E-state index in [1.807, 2.05) is 25.2 Å². The molecule has 0 amide bonds. The molecule has 1 nitrogen and oxygen atoms in total. The van der Waals surface area contributed by atoms with Gasteiger partial charge in [0.1, 0.15) is 0 Å². The molecule has 1 heteroatoms. The Bertz CT molecular complexity index is 238. The van der Waals surface area contributed by atoms with Gasteiger partial charge >= 0.3 is 0 Å². The van der Waals surface area contributed by atoms with Crippen molar-refractivity contribution in [2.45, 2.75) is 38.6 Å². The van der Waals surface area contributed by atoms with Gasteiger partial charge in [-0.05, 0) is 25.7 Å². The monoisotopic (exact) mass is 191 g/mol. The Hall–Kier alpha value is -0.820. The zero-order chi connectivity index (χ0) is 10.4. The summed E-state index contributed by atoms with van der Waals surface area (Å²) in [5.74, 6) is 0.505. The van der Waals surface area contributed by atoms with Crippen molar-refractivity contribution in [3.63, 3.8) is 0 Å². The first-order valence-electron chi connectivity index (χ1n) is 5.49. The molecular formula is C13H21N. The van der Waals surface area contributed by atoms with Crippen molar-refractivity contribution in [1.29, 1.82) is 0 Å². The summed E-state index contributed by atoms with van der Waals surface area (Å²) in [5, 5.41) is 0. The highest BCUT2D eigenvalue weighted by Gasteiger charge is 2.22. The fourth-order valence-corrected chi connectivity index (χ4v) is 2.03. The molecule has 0 aromatic carbocycles. The van der Waals surface area contributed by atoms with E-state index in [2.05, 4.69) is 12.7 Å². The molecule has 0 aromatic rings.